The molecule has 1 rings (SSSR count). The van der Waals surface area contributed by atoms with Gasteiger partial charge >= 0.3 is 0 Å². The second-order valence-electron chi connectivity index (χ2n) is 5.37. The van der Waals surface area contributed by atoms with Gasteiger partial charge < -0.3 is 15.7 Å². The van der Waals surface area contributed by atoms with Crippen LogP contribution in [0, 0.1) is 11.7 Å². The summed E-state index contributed by atoms with van der Waals surface area (Å²) in [5.41, 5.74) is -0.899. The van der Waals surface area contributed by atoms with E-state index in [1.54, 1.807) is 6.92 Å². The Morgan fingerprint density at radius 2 is 2.11 bits per heavy atom. The lowest BCUT2D eigenvalue weighted by molar-refractivity contribution is 0.0514. The van der Waals surface area contributed by atoms with E-state index in [2.05, 4.69) is 20.6 Å². The Morgan fingerprint density at radius 1 is 1.42 bits per heavy atom. The summed E-state index contributed by atoms with van der Waals surface area (Å²) in [5.74, 6) is 0.316. The summed E-state index contributed by atoms with van der Waals surface area (Å²) in [5, 5.41) is 15.9. The molecule has 0 amide bonds. The second-order valence-corrected chi connectivity index (χ2v) is 5.37. The van der Waals surface area contributed by atoms with Crippen LogP contribution in [0.25, 0.3) is 0 Å². The first-order chi connectivity index (χ1) is 8.84. The number of hydrogen-bond acceptors (Lipinski definition) is 5. The molecular formula is C13H23FN4O. The lowest BCUT2D eigenvalue weighted by Gasteiger charge is -2.25. The van der Waals surface area contributed by atoms with Crippen LogP contribution in [-0.2, 0) is 0 Å². The Morgan fingerprint density at radius 3 is 2.68 bits per heavy atom. The molecular weight excluding hydrogens is 247 g/mol. The Kier molecular flexibility index (Phi) is 5.47. The van der Waals surface area contributed by atoms with Crippen LogP contribution in [0.2, 0.25) is 0 Å². The van der Waals surface area contributed by atoms with Crippen molar-refractivity contribution in [1.82, 2.24) is 9.97 Å². The first-order valence-corrected chi connectivity index (χ1v) is 6.56. The van der Waals surface area contributed by atoms with Crippen molar-refractivity contribution in [1.29, 1.82) is 0 Å². The molecule has 19 heavy (non-hydrogen) atoms. The zero-order valence-corrected chi connectivity index (χ0v) is 12.0. The van der Waals surface area contributed by atoms with Crippen LogP contribution in [0.1, 0.15) is 34.1 Å². The van der Waals surface area contributed by atoms with E-state index in [0.29, 0.717) is 24.8 Å². The molecule has 1 unspecified atom stereocenters. The van der Waals surface area contributed by atoms with Gasteiger partial charge in [0.15, 0.2) is 11.6 Å². The molecule has 0 aromatic carbocycles. The average Bonchev–Trinajstić information content (AvgIpc) is 2.28. The minimum absolute atomic E-state index is 0.106. The maximum Gasteiger partial charge on any atom is 0.224 e. The first-order valence-electron chi connectivity index (χ1n) is 6.56. The normalized spacial score (nSPS) is 14.3. The standard InChI is InChI=1S/C13H23FN4O/c1-5-15-12-16-7-10(14)11(18-12)17-8-13(4,19)6-9(2)3/h7,9,19H,5-6,8H2,1-4H3,(H2,15,16,17,18). The van der Waals surface area contributed by atoms with Crippen molar-refractivity contribution in [2.24, 2.45) is 5.92 Å². The lowest BCUT2D eigenvalue weighted by Crippen LogP contribution is -2.35. The molecule has 5 nitrogen and oxygen atoms in total. The molecule has 0 fully saturated rings. The highest BCUT2D eigenvalue weighted by Crippen LogP contribution is 2.18. The number of aliphatic hydroxyl groups is 1. The van der Waals surface area contributed by atoms with Crippen molar-refractivity contribution in [2.75, 3.05) is 23.7 Å². The van der Waals surface area contributed by atoms with Gasteiger partial charge in [0.25, 0.3) is 0 Å². The molecule has 108 valence electrons. The summed E-state index contributed by atoms with van der Waals surface area (Å²) < 4.78 is 13.6. The Bertz CT molecular complexity index is 410. The summed E-state index contributed by atoms with van der Waals surface area (Å²) in [6.07, 6.45) is 1.75. The van der Waals surface area contributed by atoms with Crippen LogP contribution in [0.3, 0.4) is 0 Å². The fourth-order valence-electron chi connectivity index (χ4n) is 1.96. The lowest BCUT2D eigenvalue weighted by atomic mass is 9.94. The van der Waals surface area contributed by atoms with Gasteiger partial charge in [0, 0.05) is 13.1 Å². The third-order valence-corrected chi connectivity index (χ3v) is 2.56. The van der Waals surface area contributed by atoms with Crippen LogP contribution in [0.15, 0.2) is 6.20 Å². The van der Waals surface area contributed by atoms with E-state index in [9.17, 15) is 9.50 Å². The largest absolute Gasteiger partial charge is 0.388 e. The van der Waals surface area contributed by atoms with Gasteiger partial charge in [0.05, 0.1) is 11.8 Å². The molecule has 0 spiro atoms. The van der Waals surface area contributed by atoms with E-state index in [4.69, 9.17) is 0 Å². The maximum atomic E-state index is 13.6. The summed E-state index contributed by atoms with van der Waals surface area (Å²) in [4.78, 5) is 7.85. The van der Waals surface area contributed by atoms with Crippen LogP contribution in [-0.4, -0.2) is 33.8 Å². The van der Waals surface area contributed by atoms with Gasteiger partial charge in [-0.05, 0) is 26.2 Å². The minimum Gasteiger partial charge on any atom is -0.388 e. The Labute approximate surface area is 113 Å². The highest BCUT2D eigenvalue weighted by Gasteiger charge is 2.22. The number of nitrogens with one attached hydrogen (secondary N) is 2. The van der Waals surface area contributed by atoms with Gasteiger partial charge in [-0.25, -0.2) is 9.37 Å². The second kappa shape index (κ2) is 6.65. The Hall–Kier alpha value is -1.43. The summed E-state index contributed by atoms with van der Waals surface area (Å²) in [7, 11) is 0. The van der Waals surface area contributed by atoms with Crippen molar-refractivity contribution in [3.63, 3.8) is 0 Å². The molecule has 1 aromatic heterocycles. The molecule has 3 N–H and O–H groups in total. The first kappa shape index (κ1) is 15.6. The van der Waals surface area contributed by atoms with E-state index in [1.807, 2.05) is 20.8 Å². The van der Waals surface area contributed by atoms with Gasteiger partial charge in [0.2, 0.25) is 5.95 Å². The quantitative estimate of drug-likeness (QED) is 0.709. The van der Waals surface area contributed by atoms with Gasteiger partial charge in [0.1, 0.15) is 0 Å². The van der Waals surface area contributed by atoms with Crippen molar-refractivity contribution in [2.45, 2.75) is 39.7 Å². The molecule has 0 radical (unpaired) electrons. The fraction of sp³-hybridized carbons (Fsp3) is 0.692. The third-order valence-electron chi connectivity index (χ3n) is 2.56. The highest BCUT2D eigenvalue weighted by atomic mass is 19.1. The van der Waals surface area contributed by atoms with Crippen molar-refractivity contribution >= 4 is 11.8 Å². The summed E-state index contributed by atoms with van der Waals surface area (Å²) in [6, 6.07) is 0. The molecule has 0 saturated carbocycles. The van der Waals surface area contributed by atoms with E-state index in [-0.39, 0.29) is 12.4 Å². The molecule has 0 aliphatic carbocycles. The number of halogens is 1. The van der Waals surface area contributed by atoms with Gasteiger partial charge in [-0.1, -0.05) is 13.8 Å². The minimum atomic E-state index is -0.899. The van der Waals surface area contributed by atoms with Crippen molar-refractivity contribution in [3.05, 3.63) is 12.0 Å². The van der Waals surface area contributed by atoms with Crippen LogP contribution >= 0.6 is 0 Å². The predicted molar refractivity (Wildman–Crippen MR) is 74.7 cm³/mol. The summed E-state index contributed by atoms with van der Waals surface area (Å²) >= 11 is 0. The number of hydrogen-bond donors (Lipinski definition) is 3. The number of anilines is 2. The van der Waals surface area contributed by atoms with Crippen molar-refractivity contribution in [3.8, 4) is 0 Å². The summed E-state index contributed by atoms with van der Waals surface area (Å²) in [6.45, 7) is 8.60. The number of nitrogens with zero attached hydrogens (tertiary/aromatic N) is 2. The van der Waals surface area contributed by atoms with Crippen LogP contribution in [0.5, 0.6) is 0 Å². The van der Waals surface area contributed by atoms with E-state index < -0.39 is 11.4 Å². The average molecular weight is 270 g/mol. The molecule has 1 atom stereocenters. The number of aromatic nitrogens is 2. The van der Waals surface area contributed by atoms with Gasteiger partial charge in [-0.2, -0.15) is 4.98 Å². The van der Waals surface area contributed by atoms with Gasteiger partial charge in [-0.15, -0.1) is 0 Å². The Balaban J connectivity index is 2.68. The molecule has 0 aliphatic heterocycles. The SMILES string of the molecule is CCNc1ncc(F)c(NCC(C)(O)CC(C)C)n1. The smallest absolute Gasteiger partial charge is 0.224 e. The van der Waals surface area contributed by atoms with E-state index in [0.717, 1.165) is 6.20 Å². The van der Waals surface area contributed by atoms with Crippen LogP contribution < -0.4 is 10.6 Å². The van der Waals surface area contributed by atoms with Crippen LogP contribution in [0.4, 0.5) is 16.2 Å². The molecule has 0 aliphatic rings. The third kappa shape index (κ3) is 5.38. The molecule has 1 heterocycles. The van der Waals surface area contributed by atoms with E-state index >= 15 is 0 Å². The fourth-order valence-corrected chi connectivity index (χ4v) is 1.96. The zero-order valence-electron chi connectivity index (χ0n) is 12.0. The molecule has 0 saturated heterocycles. The van der Waals surface area contributed by atoms with E-state index in [1.165, 1.54) is 0 Å². The maximum absolute atomic E-state index is 13.6. The highest BCUT2D eigenvalue weighted by molar-refractivity contribution is 5.41. The zero-order chi connectivity index (χ0) is 14.5. The predicted octanol–water partition coefficient (Wildman–Crippen LogP) is 2.26. The van der Waals surface area contributed by atoms with Crippen molar-refractivity contribution < 1.29 is 9.50 Å². The molecule has 0 bridgehead atoms. The molecule has 1 aromatic rings. The van der Waals surface area contributed by atoms with Gasteiger partial charge in [-0.3, -0.25) is 0 Å². The number of rotatable bonds is 7. The molecule has 6 heteroatoms. The monoisotopic (exact) mass is 270 g/mol. The topological polar surface area (TPSA) is 70.1 Å².